The summed E-state index contributed by atoms with van der Waals surface area (Å²) in [6.07, 6.45) is -8.57. The number of aliphatic hydroxyl groups is 4. The quantitative estimate of drug-likeness (QED) is 0.197. The molecule has 0 saturated carbocycles. The molecule has 1 fully saturated rings. The molecule has 0 aromatic heterocycles. The molecule has 0 aromatic carbocycles. The molecule has 0 aliphatic carbocycles. The van der Waals surface area contributed by atoms with Crippen LogP contribution in [0.2, 0.25) is 0 Å². The maximum absolute atomic E-state index is 11.5. The van der Waals surface area contributed by atoms with E-state index in [9.17, 15) is 34.6 Å². The largest absolute Gasteiger partial charge is 0.477 e. The molecule has 0 bridgehead atoms. The van der Waals surface area contributed by atoms with Gasteiger partial charge < -0.3 is 45.4 Å². The van der Waals surface area contributed by atoms with Crippen LogP contribution in [0.25, 0.3) is 0 Å². The van der Waals surface area contributed by atoms with E-state index in [1.807, 2.05) is 0 Å². The van der Waals surface area contributed by atoms with E-state index in [1.165, 1.54) is 0 Å². The van der Waals surface area contributed by atoms with E-state index >= 15 is 0 Å². The van der Waals surface area contributed by atoms with Crippen LogP contribution in [0.3, 0.4) is 0 Å². The molecule has 1 aliphatic rings. The average molecular weight is 389 g/mol. The van der Waals surface area contributed by atoms with Crippen LogP contribution in [-0.2, 0) is 23.4 Å². The number of amides is 1. The minimum Gasteiger partial charge on any atom is -0.477 e. The number of hydrogen-bond donors (Lipinski definition) is 8. The van der Waals surface area contributed by atoms with Crippen molar-refractivity contribution in [1.29, 1.82) is 0 Å². The van der Waals surface area contributed by atoms with Gasteiger partial charge in [0.05, 0.1) is 18.8 Å². The molecule has 0 radical (unpaired) electrons. The van der Waals surface area contributed by atoms with E-state index in [4.69, 9.17) is 19.6 Å². The normalized spacial score (nSPS) is 32.7. The van der Waals surface area contributed by atoms with Gasteiger partial charge in [0.1, 0.15) is 18.3 Å². The van der Waals surface area contributed by atoms with Gasteiger partial charge in [-0.05, 0) is 0 Å². The molecule has 1 saturated heterocycles. The Morgan fingerprint density at radius 1 is 1.40 bits per heavy atom. The van der Waals surface area contributed by atoms with Crippen molar-refractivity contribution in [3.8, 4) is 0 Å². The van der Waals surface area contributed by atoms with Crippen molar-refractivity contribution in [2.45, 2.75) is 49.6 Å². The molecule has 146 valence electrons. The Labute approximate surface area is 141 Å². The number of nitrogens with one attached hydrogen (secondary N) is 1. The van der Waals surface area contributed by atoms with Gasteiger partial charge in [0.2, 0.25) is 5.91 Å². The highest BCUT2D eigenvalue weighted by atomic mass is 31.2. The lowest BCUT2D eigenvalue weighted by Gasteiger charge is -2.46. The van der Waals surface area contributed by atoms with Crippen molar-refractivity contribution in [1.82, 2.24) is 5.32 Å². The Morgan fingerprint density at radius 2 is 1.96 bits per heavy atom. The van der Waals surface area contributed by atoms with E-state index in [-0.39, 0.29) is 0 Å². The number of phosphoric ester groups is 1. The molecule has 0 aromatic rings. The summed E-state index contributed by atoms with van der Waals surface area (Å²) in [4.78, 5) is 40.5. The number of carboxylic acid groups (broad SMARTS) is 1. The highest BCUT2D eigenvalue weighted by Gasteiger charge is 2.58. The van der Waals surface area contributed by atoms with E-state index in [2.05, 4.69) is 9.84 Å². The van der Waals surface area contributed by atoms with Crippen molar-refractivity contribution in [2.75, 3.05) is 6.61 Å². The fraction of sp³-hybridized carbons (Fsp3) is 0.818. The van der Waals surface area contributed by atoms with Crippen molar-refractivity contribution in [3.05, 3.63) is 0 Å². The van der Waals surface area contributed by atoms with Gasteiger partial charge in [-0.1, -0.05) is 0 Å². The first-order valence-electron chi connectivity index (χ1n) is 6.92. The fourth-order valence-corrected chi connectivity index (χ4v) is 2.99. The summed E-state index contributed by atoms with van der Waals surface area (Å²) in [6, 6.07) is -1.46. The third-order valence-corrected chi connectivity index (χ3v) is 3.99. The van der Waals surface area contributed by atoms with Crippen LogP contribution in [0.15, 0.2) is 0 Å². The smallest absolute Gasteiger partial charge is 0.472 e. The molecule has 14 heteroatoms. The SMILES string of the molecule is CC(=O)N[C@H]1[C@H]([C@H](O)[C@H](O)CO)O[C@](OP(=O)(O)O)(C(=O)O)C[C@@H]1O. The second-order valence-corrected chi connectivity index (χ2v) is 6.62. The predicted molar refractivity (Wildman–Crippen MR) is 75.7 cm³/mol. The molecule has 0 spiro atoms. The van der Waals surface area contributed by atoms with Crippen molar-refractivity contribution in [2.24, 2.45) is 0 Å². The maximum Gasteiger partial charge on any atom is 0.472 e. The molecule has 13 nitrogen and oxygen atoms in total. The van der Waals surface area contributed by atoms with Gasteiger partial charge in [-0.15, -0.1) is 0 Å². The topological polar surface area (TPSA) is 223 Å². The highest BCUT2D eigenvalue weighted by Crippen LogP contribution is 2.46. The number of carbonyl (C=O) groups excluding carboxylic acids is 1. The number of carbonyl (C=O) groups is 2. The van der Waals surface area contributed by atoms with E-state index < -0.39 is 69.0 Å². The number of hydrogen-bond acceptors (Lipinski definition) is 9. The molecule has 25 heavy (non-hydrogen) atoms. The monoisotopic (exact) mass is 389 g/mol. The van der Waals surface area contributed by atoms with Gasteiger partial charge in [-0.25, -0.2) is 13.9 Å². The molecule has 6 atom stereocenters. The molecule has 8 N–H and O–H groups in total. The van der Waals surface area contributed by atoms with Crippen LogP contribution in [-0.4, -0.2) is 90.0 Å². The lowest BCUT2D eigenvalue weighted by molar-refractivity contribution is -0.288. The Balaban J connectivity index is 3.29. The summed E-state index contributed by atoms with van der Waals surface area (Å²) >= 11 is 0. The molecule has 1 aliphatic heterocycles. The van der Waals surface area contributed by atoms with Crippen LogP contribution in [0.1, 0.15) is 13.3 Å². The second-order valence-electron chi connectivity index (χ2n) is 5.46. The minimum atomic E-state index is -5.41. The molecule has 1 rings (SSSR count). The Hall–Kier alpha value is -1.15. The molecular weight excluding hydrogens is 369 g/mol. The van der Waals surface area contributed by atoms with Crippen LogP contribution >= 0.6 is 7.82 Å². The summed E-state index contributed by atoms with van der Waals surface area (Å²) < 4.78 is 20.2. The van der Waals surface area contributed by atoms with Crippen LogP contribution in [0.4, 0.5) is 0 Å². The number of rotatable bonds is 7. The average Bonchev–Trinajstić information content (AvgIpc) is 2.46. The summed E-state index contributed by atoms with van der Waals surface area (Å²) in [5.41, 5.74) is 0. The number of aliphatic hydroxyl groups excluding tert-OH is 4. The van der Waals surface area contributed by atoms with Gasteiger partial charge in [-0.2, -0.15) is 0 Å². The highest BCUT2D eigenvalue weighted by molar-refractivity contribution is 7.46. The molecule has 1 amide bonds. The van der Waals surface area contributed by atoms with Crippen molar-refractivity contribution in [3.63, 3.8) is 0 Å². The lowest BCUT2D eigenvalue weighted by Crippen LogP contribution is -2.67. The zero-order chi connectivity index (χ0) is 19.6. The Morgan fingerprint density at radius 3 is 2.36 bits per heavy atom. The van der Waals surface area contributed by atoms with Crippen LogP contribution in [0.5, 0.6) is 0 Å². The fourth-order valence-electron chi connectivity index (χ4n) is 2.41. The van der Waals surface area contributed by atoms with Crippen LogP contribution in [0, 0.1) is 0 Å². The first-order valence-corrected chi connectivity index (χ1v) is 8.45. The molecule has 1 heterocycles. The van der Waals surface area contributed by atoms with Gasteiger partial charge in [0, 0.05) is 13.3 Å². The zero-order valence-electron chi connectivity index (χ0n) is 12.9. The van der Waals surface area contributed by atoms with Crippen molar-refractivity contribution < 1.29 is 58.7 Å². The summed E-state index contributed by atoms with van der Waals surface area (Å²) in [5, 5.41) is 50.0. The van der Waals surface area contributed by atoms with Gasteiger partial charge in [0.25, 0.3) is 5.79 Å². The van der Waals surface area contributed by atoms with Gasteiger partial charge in [-0.3, -0.25) is 4.79 Å². The third-order valence-electron chi connectivity index (χ3n) is 3.45. The van der Waals surface area contributed by atoms with Crippen molar-refractivity contribution >= 4 is 19.7 Å². The number of carboxylic acids is 1. The van der Waals surface area contributed by atoms with Gasteiger partial charge >= 0.3 is 13.8 Å². The van der Waals surface area contributed by atoms with E-state index in [0.29, 0.717) is 0 Å². The summed E-state index contributed by atoms with van der Waals surface area (Å²) in [7, 11) is -5.41. The first kappa shape index (κ1) is 21.9. The maximum atomic E-state index is 11.5. The standard InChI is InChI=1S/C11H20NO12P/c1-4(14)12-7-5(15)2-11(10(18)19,24-25(20,21)22)23-9(7)8(17)6(16)3-13/h5-9,13,15-17H,2-3H2,1H3,(H,12,14)(H,18,19)(H2,20,21,22)/t5-,6+,7+,8+,9+,11+/m0/s1. The van der Waals surface area contributed by atoms with Gasteiger partial charge in [0.15, 0.2) is 0 Å². The van der Waals surface area contributed by atoms with Crippen LogP contribution < -0.4 is 5.32 Å². The Bertz CT molecular complexity index is 551. The number of aliphatic carboxylic acids is 1. The lowest BCUT2D eigenvalue weighted by atomic mass is 9.88. The first-order chi connectivity index (χ1) is 11.3. The molecular formula is C11H20NO12P. The summed E-state index contributed by atoms with van der Waals surface area (Å²) in [6.45, 7) is 0.0627. The summed E-state index contributed by atoms with van der Waals surface area (Å²) in [5.74, 6) is -5.79. The number of ether oxygens (including phenoxy) is 1. The second kappa shape index (κ2) is 8.03. The zero-order valence-corrected chi connectivity index (χ0v) is 13.8. The Kier molecular flexibility index (Phi) is 7.03. The predicted octanol–water partition coefficient (Wildman–Crippen LogP) is -3.75. The van der Waals surface area contributed by atoms with E-state index in [1.54, 1.807) is 0 Å². The van der Waals surface area contributed by atoms with E-state index in [0.717, 1.165) is 6.92 Å². The number of phosphoric acid groups is 1. The molecule has 0 unspecified atom stereocenters. The third kappa shape index (κ3) is 5.41. The minimum absolute atomic E-state index is 0.706.